The van der Waals surface area contributed by atoms with Gasteiger partial charge in [0.25, 0.3) is 0 Å². The maximum absolute atomic E-state index is 3.89. The largest absolute Gasteiger partial charge is 0.388 e. The van der Waals surface area contributed by atoms with Crippen LogP contribution < -0.4 is 10.6 Å². The molecule has 2 heteroatoms. The van der Waals surface area contributed by atoms with Gasteiger partial charge in [0, 0.05) is 24.7 Å². The highest BCUT2D eigenvalue weighted by Gasteiger charge is 2.40. The normalized spacial score (nSPS) is 28.9. The number of rotatable bonds is 8. The van der Waals surface area contributed by atoms with Gasteiger partial charge in [0.05, 0.1) is 0 Å². The van der Waals surface area contributed by atoms with E-state index in [1.807, 2.05) is 13.1 Å². The van der Waals surface area contributed by atoms with Gasteiger partial charge >= 0.3 is 0 Å². The molecule has 0 aromatic heterocycles. The van der Waals surface area contributed by atoms with Gasteiger partial charge in [-0.05, 0) is 49.6 Å². The van der Waals surface area contributed by atoms with E-state index >= 15 is 0 Å². The zero-order valence-corrected chi connectivity index (χ0v) is 16.1. The fourth-order valence-electron chi connectivity index (χ4n) is 4.39. The second-order valence-corrected chi connectivity index (χ2v) is 8.17. The molecule has 0 radical (unpaired) electrons. The van der Waals surface area contributed by atoms with Crippen molar-refractivity contribution in [2.24, 2.45) is 17.3 Å². The molecule has 134 valence electrons. The fourth-order valence-corrected chi connectivity index (χ4v) is 4.39. The van der Waals surface area contributed by atoms with Gasteiger partial charge in [-0.25, -0.2) is 0 Å². The Bertz CT molecular complexity index is 510. The predicted molar refractivity (Wildman–Crippen MR) is 106 cm³/mol. The topological polar surface area (TPSA) is 24.1 Å². The molecule has 1 fully saturated rings. The molecule has 24 heavy (non-hydrogen) atoms. The Balaban J connectivity index is 2.00. The first-order chi connectivity index (χ1) is 11.5. The molecule has 2 aliphatic carbocycles. The van der Waals surface area contributed by atoms with Gasteiger partial charge in [-0.3, -0.25) is 0 Å². The fraction of sp³-hybridized carbons (Fsp3) is 0.636. The van der Waals surface area contributed by atoms with Crippen LogP contribution in [-0.2, 0) is 0 Å². The van der Waals surface area contributed by atoms with E-state index in [4.69, 9.17) is 0 Å². The second kappa shape index (κ2) is 8.71. The van der Waals surface area contributed by atoms with Crippen LogP contribution in [0.2, 0.25) is 0 Å². The first kappa shape index (κ1) is 19.1. The van der Waals surface area contributed by atoms with Gasteiger partial charge in [-0.2, -0.15) is 0 Å². The molecule has 2 aliphatic rings. The van der Waals surface area contributed by atoms with E-state index in [1.54, 1.807) is 0 Å². The van der Waals surface area contributed by atoms with Crippen LogP contribution in [0.25, 0.3) is 0 Å². The Morgan fingerprint density at radius 1 is 1.33 bits per heavy atom. The molecule has 0 saturated heterocycles. The zero-order chi connectivity index (χ0) is 17.6. The van der Waals surface area contributed by atoms with Crippen molar-refractivity contribution in [3.63, 3.8) is 0 Å². The van der Waals surface area contributed by atoms with E-state index in [0.29, 0.717) is 23.3 Å². The molecule has 0 amide bonds. The molecule has 0 heterocycles. The summed E-state index contributed by atoms with van der Waals surface area (Å²) in [6.07, 6.45) is 17.3. The molecular formula is C22H36N2. The predicted octanol–water partition coefficient (Wildman–Crippen LogP) is 4.97. The lowest BCUT2D eigenvalue weighted by molar-refractivity contribution is 0.124. The molecule has 1 saturated carbocycles. The van der Waals surface area contributed by atoms with Crippen LogP contribution in [0.5, 0.6) is 0 Å². The lowest BCUT2D eigenvalue weighted by Crippen LogP contribution is -2.48. The second-order valence-electron chi connectivity index (χ2n) is 8.17. The molecule has 3 unspecified atom stereocenters. The molecule has 2 rings (SSSR count). The number of hydrogen-bond donors (Lipinski definition) is 2. The lowest BCUT2D eigenvalue weighted by atomic mass is 9.63. The van der Waals surface area contributed by atoms with Gasteiger partial charge in [0.15, 0.2) is 0 Å². The van der Waals surface area contributed by atoms with E-state index in [1.165, 1.54) is 37.0 Å². The number of allylic oxidation sites excluding steroid dienone is 4. The summed E-state index contributed by atoms with van der Waals surface area (Å²) in [5, 5.41) is 7.20. The van der Waals surface area contributed by atoms with Gasteiger partial charge < -0.3 is 10.6 Å². The van der Waals surface area contributed by atoms with Crippen LogP contribution in [-0.4, -0.2) is 19.6 Å². The van der Waals surface area contributed by atoms with Crippen LogP contribution in [0.4, 0.5) is 0 Å². The number of fused-ring (bicyclic) bond motifs is 1. The summed E-state index contributed by atoms with van der Waals surface area (Å²) < 4.78 is 0. The Kier molecular flexibility index (Phi) is 6.91. The van der Waals surface area contributed by atoms with E-state index in [9.17, 15) is 0 Å². The highest BCUT2D eigenvalue weighted by molar-refractivity contribution is 5.26. The van der Waals surface area contributed by atoms with Crippen molar-refractivity contribution in [1.82, 2.24) is 10.6 Å². The van der Waals surface area contributed by atoms with Gasteiger partial charge in [0.2, 0.25) is 0 Å². The Hall–Kier alpha value is -1.28. The molecule has 0 aromatic carbocycles. The van der Waals surface area contributed by atoms with Crippen molar-refractivity contribution < 1.29 is 0 Å². The minimum Gasteiger partial charge on any atom is -0.388 e. The quantitative estimate of drug-likeness (QED) is 0.615. The van der Waals surface area contributed by atoms with Crippen LogP contribution in [0.15, 0.2) is 48.2 Å². The number of likely N-dealkylation sites (N-methyl/N-ethyl adjacent to an activating group) is 1. The van der Waals surface area contributed by atoms with Crippen molar-refractivity contribution in [1.29, 1.82) is 0 Å². The summed E-state index contributed by atoms with van der Waals surface area (Å²) in [5.41, 5.74) is 3.19. The summed E-state index contributed by atoms with van der Waals surface area (Å²) in [6, 6.07) is 0.568. The first-order valence-electron chi connectivity index (χ1n) is 9.60. The summed E-state index contributed by atoms with van der Waals surface area (Å²) in [7, 11) is 2.02. The van der Waals surface area contributed by atoms with Crippen molar-refractivity contribution in [2.75, 3.05) is 13.6 Å². The molecule has 2 N–H and O–H groups in total. The smallest absolute Gasteiger partial charge is 0.0297 e. The minimum atomic E-state index is 0.414. The Labute approximate surface area is 149 Å². The number of hydrogen-bond acceptors (Lipinski definition) is 2. The van der Waals surface area contributed by atoms with Gasteiger partial charge in [0.1, 0.15) is 0 Å². The summed E-state index contributed by atoms with van der Waals surface area (Å²) in [5.74, 6) is 1.28. The SMILES string of the molecule is C=C/C=C(\CCC)CCNC1CC(C)(C)CC2C=CC(NC)=CC21. The summed E-state index contributed by atoms with van der Waals surface area (Å²) >= 11 is 0. The van der Waals surface area contributed by atoms with Crippen molar-refractivity contribution in [2.45, 2.75) is 58.9 Å². The average molecular weight is 329 g/mol. The number of nitrogens with one attached hydrogen (secondary N) is 2. The molecule has 3 atom stereocenters. The third-order valence-electron chi connectivity index (χ3n) is 5.48. The lowest BCUT2D eigenvalue weighted by Gasteiger charge is -2.46. The van der Waals surface area contributed by atoms with Crippen LogP contribution in [0.1, 0.15) is 52.9 Å². The van der Waals surface area contributed by atoms with Crippen molar-refractivity contribution in [3.05, 3.63) is 48.2 Å². The van der Waals surface area contributed by atoms with Crippen molar-refractivity contribution in [3.8, 4) is 0 Å². The molecular weight excluding hydrogens is 292 g/mol. The molecule has 0 spiro atoms. The highest BCUT2D eigenvalue weighted by atomic mass is 14.9. The maximum Gasteiger partial charge on any atom is 0.0297 e. The van der Waals surface area contributed by atoms with Gasteiger partial charge in [-0.1, -0.05) is 63.6 Å². The zero-order valence-electron chi connectivity index (χ0n) is 16.1. The standard InChI is InChI=1S/C22H36N2/c1-6-8-17(9-7-2)12-13-24-21-16-22(3,4)15-18-10-11-19(23-5)14-20(18)21/h6,8,10-11,14,18,20-21,23-24H,1,7,9,12-13,15-16H2,2-5H3/b17-8+. The van der Waals surface area contributed by atoms with Crippen LogP contribution >= 0.6 is 0 Å². The van der Waals surface area contributed by atoms with E-state index < -0.39 is 0 Å². The Morgan fingerprint density at radius 2 is 2.12 bits per heavy atom. The third-order valence-corrected chi connectivity index (χ3v) is 5.48. The Morgan fingerprint density at radius 3 is 2.79 bits per heavy atom. The first-order valence-corrected chi connectivity index (χ1v) is 9.60. The van der Waals surface area contributed by atoms with Gasteiger partial charge in [-0.15, -0.1) is 0 Å². The average Bonchev–Trinajstić information content (AvgIpc) is 2.54. The highest BCUT2D eigenvalue weighted by Crippen LogP contribution is 2.44. The summed E-state index contributed by atoms with van der Waals surface area (Å²) in [4.78, 5) is 0. The van der Waals surface area contributed by atoms with Crippen molar-refractivity contribution >= 4 is 0 Å². The summed E-state index contributed by atoms with van der Waals surface area (Å²) in [6.45, 7) is 12.0. The van der Waals surface area contributed by atoms with E-state index in [2.05, 4.69) is 62.3 Å². The maximum atomic E-state index is 3.89. The van der Waals surface area contributed by atoms with Crippen LogP contribution in [0.3, 0.4) is 0 Å². The molecule has 2 nitrogen and oxygen atoms in total. The van der Waals surface area contributed by atoms with E-state index in [0.717, 1.165) is 13.0 Å². The molecule has 0 bridgehead atoms. The minimum absolute atomic E-state index is 0.414. The monoisotopic (exact) mass is 328 g/mol. The van der Waals surface area contributed by atoms with Crippen LogP contribution in [0, 0.1) is 17.3 Å². The third kappa shape index (κ3) is 5.11. The molecule has 0 aliphatic heterocycles. The van der Waals surface area contributed by atoms with E-state index in [-0.39, 0.29) is 0 Å². The molecule has 0 aromatic rings.